The summed E-state index contributed by atoms with van der Waals surface area (Å²) < 4.78 is 27.6. The lowest BCUT2D eigenvalue weighted by Crippen LogP contribution is -2.41. The fourth-order valence-corrected chi connectivity index (χ4v) is 5.26. The maximum absolute atomic E-state index is 13.8. The lowest BCUT2D eigenvalue weighted by Gasteiger charge is -2.39. The minimum absolute atomic E-state index is 0.0261. The number of carbonyl (C=O) groups excluding carboxylic acids is 1. The Labute approximate surface area is 199 Å². The predicted octanol–water partition coefficient (Wildman–Crippen LogP) is 5.06. The van der Waals surface area contributed by atoms with Gasteiger partial charge in [0.25, 0.3) is 11.5 Å². The van der Waals surface area contributed by atoms with Gasteiger partial charge >= 0.3 is 0 Å². The predicted molar refractivity (Wildman–Crippen MR) is 131 cm³/mol. The summed E-state index contributed by atoms with van der Waals surface area (Å²) in [5.74, 6) is -2.81. The van der Waals surface area contributed by atoms with Crippen molar-refractivity contribution in [1.82, 2.24) is 10.3 Å². The van der Waals surface area contributed by atoms with Crippen molar-refractivity contribution in [3.8, 4) is 0 Å². The van der Waals surface area contributed by atoms with Crippen LogP contribution in [0.3, 0.4) is 0 Å². The number of carbonyl (C=O) groups is 1. The molecule has 1 aromatic heterocycles. The zero-order valence-corrected chi connectivity index (χ0v) is 19.9. The van der Waals surface area contributed by atoms with Gasteiger partial charge in [0.15, 0.2) is 0 Å². The number of benzene rings is 1. The number of anilines is 1. The van der Waals surface area contributed by atoms with Crippen molar-refractivity contribution >= 4 is 11.6 Å². The minimum Gasteiger partial charge on any atom is -0.369 e. The molecule has 34 heavy (non-hydrogen) atoms. The van der Waals surface area contributed by atoms with Gasteiger partial charge in [-0.2, -0.15) is 0 Å². The molecule has 2 heterocycles. The lowest BCUT2D eigenvalue weighted by molar-refractivity contribution is -0.0380. The van der Waals surface area contributed by atoms with Crippen LogP contribution >= 0.6 is 0 Å². The Kier molecular flexibility index (Phi) is 7.19. The second-order valence-corrected chi connectivity index (χ2v) is 9.36. The van der Waals surface area contributed by atoms with Crippen LogP contribution in [0.2, 0.25) is 0 Å². The smallest absolute Gasteiger partial charge is 0.253 e. The summed E-state index contributed by atoms with van der Waals surface area (Å²) in [6.07, 6.45) is 6.93. The number of fused-ring (bicyclic) bond motifs is 2. The van der Waals surface area contributed by atoms with Gasteiger partial charge in [0.1, 0.15) is 0 Å². The molecule has 7 heteroatoms. The normalized spacial score (nSPS) is 19.7. The van der Waals surface area contributed by atoms with E-state index in [1.54, 1.807) is 6.07 Å². The van der Waals surface area contributed by atoms with Gasteiger partial charge in [-0.15, -0.1) is 0 Å². The Hall–Kier alpha value is -2.96. The molecule has 5 nitrogen and oxygen atoms in total. The van der Waals surface area contributed by atoms with E-state index in [1.165, 1.54) is 0 Å². The molecule has 0 spiro atoms. The largest absolute Gasteiger partial charge is 0.369 e. The second kappa shape index (κ2) is 10.1. The summed E-state index contributed by atoms with van der Waals surface area (Å²) in [5, 5.41) is 2.95. The highest BCUT2D eigenvalue weighted by atomic mass is 19.3. The van der Waals surface area contributed by atoms with Crippen LogP contribution in [0.15, 0.2) is 41.2 Å². The van der Waals surface area contributed by atoms with Crippen molar-refractivity contribution in [1.29, 1.82) is 0 Å². The SMILES string of the molecule is CCN(c1cccc2c1C/C=C/CCc1cc(C)[nH]c(=O)c1CNC2=O)C1CCC(F)(F)CC1. The maximum atomic E-state index is 13.8. The molecule has 1 aliphatic carbocycles. The average Bonchev–Trinajstić information content (AvgIpc) is 2.79. The Morgan fingerprint density at radius 3 is 2.62 bits per heavy atom. The average molecular weight is 470 g/mol. The fourth-order valence-electron chi connectivity index (χ4n) is 5.26. The van der Waals surface area contributed by atoms with E-state index in [4.69, 9.17) is 0 Å². The molecule has 1 aromatic carbocycles. The van der Waals surface area contributed by atoms with Crippen molar-refractivity contribution in [2.45, 2.75) is 77.3 Å². The number of hydrogen-bond donors (Lipinski definition) is 2. The number of amides is 1. The summed E-state index contributed by atoms with van der Waals surface area (Å²) in [7, 11) is 0. The van der Waals surface area contributed by atoms with Gasteiger partial charge in [0, 0.05) is 54.5 Å². The number of hydrogen-bond acceptors (Lipinski definition) is 3. The standard InChI is InChI=1S/C27H33F2N3O2/c1-3-32(20-12-14-27(28,29)15-13-20)24-11-7-10-22-21(24)9-6-4-5-8-19-16-18(2)31-26(34)23(19)17-30-25(22)33/h4,6-7,10-11,16,20H,3,5,8-9,12-15,17H2,1-2H3,(H,30,33)(H,31,34)/b6-4+. The van der Waals surface area contributed by atoms with Crippen LogP contribution in [-0.4, -0.2) is 29.4 Å². The highest BCUT2D eigenvalue weighted by Crippen LogP contribution is 2.38. The molecule has 2 aromatic rings. The molecular formula is C27H33F2N3O2. The van der Waals surface area contributed by atoms with Crippen LogP contribution in [0.1, 0.15) is 71.8 Å². The maximum Gasteiger partial charge on any atom is 0.253 e. The molecule has 1 fully saturated rings. The van der Waals surface area contributed by atoms with E-state index in [0.717, 1.165) is 35.3 Å². The minimum atomic E-state index is -2.58. The van der Waals surface area contributed by atoms with Crippen LogP contribution in [0, 0.1) is 6.92 Å². The fraction of sp³-hybridized carbons (Fsp3) is 0.481. The molecule has 1 saturated carbocycles. The third-order valence-electron chi connectivity index (χ3n) is 7.03. The van der Waals surface area contributed by atoms with Crippen LogP contribution in [0.5, 0.6) is 0 Å². The van der Waals surface area contributed by atoms with Crippen LogP contribution in [0.25, 0.3) is 0 Å². The number of rotatable bonds is 3. The zero-order chi connectivity index (χ0) is 24.3. The number of nitrogens with one attached hydrogen (secondary N) is 2. The van der Waals surface area contributed by atoms with Gasteiger partial charge in [-0.3, -0.25) is 9.59 Å². The Balaban J connectivity index is 1.67. The third kappa shape index (κ3) is 5.24. The van der Waals surface area contributed by atoms with Crippen molar-refractivity contribution < 1.29 is 13.6 Å². The third-order valence-corrected chi connectivity index (χ3v) is 7.03. The molecule has 2 aliphatic rings. The van der Waals surface area contributed by atoms with Gasteiger partial charge < -0.3 is 15.2 Å². The molecular weight excluding hydrogens is 436 g/mol. The number of aromatic amines is 1. The number of halogens is 2. The molecule has 0 saturated heterocycles. The number of H-pyrrole nitrogens is 1. The first kappa shape index (κ1) is 24.2. The van der Waals surface area contributed by atoms with Crippen molar-refractivity contribution in [3.63, 3.8) is 0 Å². The van der Waals surface area contributed by atoms with Gasteiger partial charge in [-0.05, 0) is 75.3 Å². The van der Waals surface area contributed by atoms with Crippen LogP contribution in [0.4, 0.5) is 14.5 Å². The first-order valence-electron chi connectivity index (χ1n) is 12.2. The number of nitrogens with zero attached hydrogens (tertiary/aromatic N) is 1. The highest BCUT2D eigenvalue weighted by molar-refractivity contribution is 5.97. The molecule has 0 unspecified atom stereocenters. The summed E-state index contributed by atoms with van der Waals surface area (Å²) in [6, 6.07) is 7.65. The number of aryl methyl sites for hydroxylation is 2. The van der Waals surface area contributed by atoms with E-state index in [9.17, 15) is 18.4 Å². The second-order valence-electron chi connectivity index (χ2n) is 9.36. The number of aromatic nitrogens is 1. The van der Waals surface area contributed by atoms with E-state index < -0.39 is 5.92 Å². The van der Waals surface area contributed by atoms with Crippen molar-refractivity contribution in [3.05, 3.63) is 74.7 Å². The van der Waals surface area contributed by atoms with E-state index in [0.29, 0.717) is 36.9 Å². The van der Waals surface area contributed by atoms with E-state index in [-0.39, 0.29) is 36.9 Å². The molecule has 0 radical (unpaired) electrons. The molecule has 182 valence electrons. The van der Waals surface area contributed by atoms with E-state index in [2.05, 4.69) is 27.4 Å². The molecule has 1 amide bonds. The van der Waals surface area contributed by atoms with Gasteiger partial charge in [-0.1, -0.05) is 18.2 Å². The summed E-state index contributed by atoms with van der Waals surface area (Å²) in [4.78, 5) is 30.9. The summed E-state index contributed by atoms with van der Waals surface area (Å²) in [5.41, 5.74) is 4.57. The van der Waals surface area contributed by atoms with Gasteiger partial charge in [0.05, 0.1) is 0 Å². The van der Waals surface area contributed by atoms with E-state index in [1.807, 2.05) is 32.0 Å². The first-order chi connectivity index (χ1) is 16.3. The lowest BCUT2D eigenvalue weighted by atomic mass is 9.89. The Morgan fingerprint density at radius 2 is 1.88 bits per heavy atom. The molecule has 4 rings (SSSR count). The highest BCUT2D eigenvalue weighted by Gasteiger charge is 2.37. The van der Waals surface area contributed by atoms with Crippen molar-refractivity contribution in [2.24, 2.45) is 0 Å². The quantitative estimate of drug-likeness (QED) is 0.618. The number of pyridine rings is 1. The summed E-state index contributed by atoms with van der Waals surface area (Å²) in [6.45, 7) is 4.73. The molecule has 0 atom stereocenters. The molecule has 0 bridgehead atoms. The van der Waals surface area contributed by atoms with Crippen LogP contribution in [-0.2, 0) is 19.4 Å². The zero-order valence-electron chi connectivity index (χ0n) is 19.9. The molecule has 1 aliphatic heterocycles. The Morgan fingerprint density at radius 1 is 1.12 bits per heavy atom. The van der Waals surface area contributed by atoms with Crippen LogP contribution < -0.4 is 15.8 Å². The van der Waals surface area contributed by atoms with Crippen molar-refractivity contribution in [2.75, 3.05) is 11.4 Å². The topological polar surface area (TPSA) is 65.2 Å². The van der Waals surface area contributed by atoms with Gasteiger partial charge in [0.2, 0.25) is 5.92 Å². The van der Waals surface area contributed by atoms with E-state index >= 15 is 0 Å². The summed E-state index contributed by atoms with van der Waals surface area (Å²) >= 11 is 0. The first-order valence-corrected chi connectivity index (χ1v) is 12.2. The monoisotopic (exact) mass is 469 g/mol. The Bertz CT molecular complexity index is 1130. The number of alkyl halides is 2. The van der Waals surface area contributed by atoms with Gasteiger partial charge in [-0.25, -0.2) is 8.78 Å². The number of allylic oxidation sites excluding steroid dienone is 2. The molecule has 2 N–H and O–H groups in total.